The first-order valence-corrected chi connectivity index (χ1v) is 13.6. The zero-order valence-electron chi connectivity index (χ0n) is 22.7. The number of imidazole rings is 1. The molecule has 0 bridgehead atoms. The van der Waals surface area contributed by atoms with Crippen molar-refractivity contribution in [1.82, 2.24) is 19.8 Å². The fraction of sp³-hybridized carbons (Fsp3) is 0.333. The van der Waals surface area contributed by atoms with Gasteiger partial charge in [-0.3, -0.25) is 4.79 Å². The van der Waals surface area contributed by atoms with Crippen LogP contribution < -0.4 is 5.32 Å². The van der Waals surface area contributed by atoms with E-state index in [1.54, 1.807) is 0 Å². The van der Waals surface area contributed by atoms with Gasteiger partial charge in [-0.2, -0.15) is 0 Å². The number of aromatic nitrogens is 2. The summed E-state index contributed by atoms with van der Waals surface area (Å²) < 4.78 is 2.26. The summed E-state index contributed by atoms with van der Waals surface area (Å²) in [5, 5.41) is 3.48. The second kappa shape index (κ2) is 11.4. The Bertz CT molecular complexity index is 1320. The molecule has 5 rings (SSSR count). The monoisotopic (exact) mass is 506 g/mol. The van der Waals surface area contributed by atoms with E-state index in [0.29, 0.717) is 19.0 Å². The van der Waals surface area contributed by atoms with Crippen LogP contribution in [0.2, 0.25) is 0 Å². The summed E-state index contributed by atoms with van der Waals surface area (Å²) in [5.74, 6) is 1.40. The van der Waals surface area contributed by atoms with Gasteiger partial charge in [0.1, 0.15) is 5.82 Å². The lowest BCUT2D eigenvalue weighted by atomic mass is 9.83. The minimum absolute atomic E-state index is 0.0629. The van der Waals surface area contributed by atoms with Crippen LogP contribution >= 0.6 is 0 Å². The van der Waals surface area contributed by atoms with E-state index >= 15 is 0 Å². The highest BCUT2D eigenvalue weighted by molar-refractivity contribution is 5.94. The van der Waals surface area contributed by atoms with Gasteiger partial charge in [0.25, 0.3) is 5.91 Å². The van der Waals surface area contributed by atoms with Crippen LogP contribution in [0.25, 0.3) is 11.3 Å². The number of rotatable bonds is 8. The van der Waals surface area contributed by atoms with Gasteiger partial charge in [-0.1, -0.05) is 99.6 Å². The van der Waals surface area contributed by atoms with Crippen molar-refractivity contribution >= 4 is 5.91 Å². The van der Waals surface area contributed by atoms with Gasteiger partial charge in [0.05, 0.1) is 11.7 Å². The lowest BCUT2D eigenvalue weighted by molar-refractivity contribution is 0.0437. The van der Waals surface area contributed by atoms with Crippen molar-refractivity contribution in [1.29, 1.82) is 0 Å². The Balaban J connectivity index is 1.64. The molecule has 1 fully saturated rings. The van der Waals surface area contributed by atoms with Crippen LogP contribution in [0.5, 0.6) is 0 Å². The molecule has 0 spiro atoms. The van der Waals surface area contributed by atoms with Crippen molar-refractivity contribution in [2.75, 3.05) is 19.6 Å². The minimum atomic E-state index is -0.246. The van der Waals surface area contributed by atoms with E-state index in [2.05, 4.69) is 78.2 Å². The number of benzene rings is 3. The average Bonchev–Trinajstić information content (AvgIpc) is 3.59. The molecule has 2 atom stereocenters. The quantitative estimate of drug-likeness (QED) is 0.299. The molecule has 38 heavy (non-hydrogen) atoms. The molecule has 5 heteroatoms. The van der Waals surface area contributed by atoms with Gasteiger partial charge < -0.3 is 14.8 Å². The summed E-state index contributed by atoms with van der Waals surface area (Å²) in [6, 6.07) is 30.3. The topological polar surface area (TPSA) is 50.2 Å². The Morgan fingerprint density at radius 1 is 0.974 bits per heavy atom. The summed E-state index contributed by atoms with van der Waals surface area (Å²) in [4.78, 5) is 21.6. The number of nitrogens with one attached hydrogen (secondary N) is 1. The third kappa shape index (κ3) is 5.89. The Hall–Kier alpha value is -3.70. The maximum absolute atomic E-state index is 14.2. The molecule has 0 saturated carbocycles. The SMILES string of the molecule is CC(C)(C)[C@H](c1nc(-c2ccccc2)cn1Cc1ccccc1)N(CC1CCNC1)C(=O)c1ccccc1. The fourth-order valence-corrected chi connectivity index (χ4v) is 5.50. The van der Waals surface area contributed by atoms with Gasteiger partial charge >= 0.3 is 0 Å². The number of nitrogens with zero attached hydrogens (tertiary/aromatic N) is 3. The molecule has 1 N–H and O–H groups in total. The van der Waals surface area contributed by atoms with Gasteiger partial charge in [-0.25, -0.2) is 4.98 Å². The number of hydrogen-bond donors (Lipinski definition) is 1. The average molecular weight is 507 g/mol. The number of carbonyl (C=O) groups is 1. The molecule has 0 radical (unpaired) electrons. The van der Waals surface area contributed by atoms with Crippen LogP contribution in [0, 0.1) is 11.3 Å². The molecule has 1 aliphatic heterocycles. The molecule has 3 aromatic carbocycles. The molecule has 1 unspecified atom stereocenters. The molecule has 2 heterocycles. The predicted molar refractivity (Wildman–Crippen MR) is 154 cm³/mol. The molecule has 4 aromatic rings. The Labute approximate surface area is 226 Å². The van der Waals surface area contributed by atoms with Crippen molar-refractivity contribution in [3.05, 3.63) is 114 Å². The normalized spacial score (nSPS) is 16.3. The summed E-state index contributed by atoms with van der Waals surface area (Å²) in [6.45, 7) is 9.99. The lowest BCUT2D eigenvalue weighted by Gasteiger charge is -2.41. The van der Waals surface area contributed by atoms with E-state index in [1.165, 1.54) is 5.56 Å². The van der Waals surface area contributed by atoms with Crippen LogP contribution in [0.4, 0.5) is 0 Å². The van der Waals surface area contributed by atoms with E-state index < -0.39 is 0 Å². The van der Waals surface area contributed by atoms with E-state index in [-0.39, 0.29) is 17.4 Å². The van der Waals surface area contributed by atoms with Crippen LogP contribution in [0.15, 0.2) is 97.2 Å². The van der Waals surface area contributed by atoms with Gasteiger partial charge in [0.15, 0.2) is 0 Å². The molecule has 0 aliphatic carbocycles. The van der Waals surface area contributed by atoms with Crippen molar-refractivity contribution in [3.63, 3.8) is 0 Å². The zero-order chi connectivity index (χ0) is 26.5. The smallest absolute Gasteiger partial charge is 0.254 e. The van der Waals surface area contributed by atoms with Crippen molar-refractivity contribution in [2.24, 2.45) is 11.3 Å². The molecule has 196 valence electrons. The number of carbonyl (C=O) groups excluding carboxylic acids is 1. The molecule has 1 saturated heterocycles. The lowest BCUT2D eigenvalue weighted by Crippen LogP contribution is -2.45. The van der Waals surface area contributed by atoms with Crippen LogP contribution in [0.1, 0.15) is 55.0 Å². The molecular formula is C33H38N4O. The third-order valence-corrected chi connectivity index (χ3v) is 7.35. The van der Waals surface area contributed by atoms with E-state index in [1.807, 2.05) is 54.6 Å². The van der Waals surface area contributed by atoms with E-state index in [4.69, 9.17) is 4.98 Å². The Kier molecular flexibility index (Phi) is 7.75. The second-order valence-corrected chi connectivity index (χ2v) is 11.4. The van der Waals surface area contributed by atoms with E-state index in [9.17, 15) is 4.79 Å². The summed E-state index contributed by atoms with van der Waals surface area (Å²) in [6.07, 6.45) is 3.22. The Morgan fingerprint density at radius 3 is 2.21 bits per heavy atom. The van der Waals surface area contributed by atoms with Crippen LogP contribution in [-0.4, -0.2) is 40.0 Å². The minimum Gasteiger partial charge on any atom is -0.328 e. The predicted octanol–water partition coefficient (Wildman–Crippen LogP) is 6.44. The van der Waals surface area contributed by atoms with Crippen molar-refractivity contribution < 1.29 is 4.79 Å². The largest absolute Gasteiger partial charge is 0.328 e. The summed E-state index contributed by atoms with van der Waals surface area (Å²) >= 11 is 0. The maximum atomic E-state index is 14.2. The van der Waals surface area contributed by atoms with Crippen molar-refractivity contribution in [3.8, 4) is 11.3 Å². The first-order valence-electron chi connectivity index (χ1n) is 13.6. The van der Waals surface area contributed by atoms with Gasteiger partial charge in [-0.05, 0) is 48.5 Å². The Morgan fingerprint density at radius 2 is 1.61 bits per heavy atom. The summed E-state index contributed by atoms with van der Waals surface area (Å²) in [7, 11) is 0. The highest BCUT2D eigenvalue weighted by Crippen LogP contribution is 2.40. The van der Waals surface area contributed by atoms with Crippen molar-refractivity contribution in [2.45, 2.75) is 39.8 Å². The molecule has 1 aromatic heterocycles. The first kappa shape index (κ1) is 25.9. The van der Waals surface area contributed by atoms with Crippen LogP contribution in [-0.2, 0) is 6.54 Å². The molecule has 5 nitrogen and oxygen atoms in total. The number of amides is 1. The molecule has 1 amide bonds. The first-order chi connectivity index (χ1) is 18.4. The second-order valence-electron chi connectivity index (χ2n) is 11.4. The highest BCUT2D eigenvalue weighted by Gasteiger charge is 2.40. The van der Waals surface area contributed by atoms with Gasteiger partial charge in [-0.15, -0.1) is 0 Å². The van der Waals surface area contributed by atoms with E-state index in [0.717, 1.165) is 42.2 Å². The van der Waals surface area contributed by atoms with Gasteiger partial charge in [0.2, 0.25) is 0 Å². The third-order valence-electron chi connectivity index (χ3n) is 7.35. The molecular weight excluding hydrogens is 468 g/mol. The van der Waals surface area contributed by atoms with Crippen LogP contribution in [0.3, 0.4) is 0 Å². The standard InChI is InChI=1S/C33H38N4O/c1-33(2,3)30(37(23-26-19-20-34-21-26)32(38)28-17-11-6-12-18-28)31-35-29(27-15-9-5-10-16-27)24-36(31)22-25-13-7-4-8-14-25/h4-18,24,26,30,34H,19-23H2,1-3H3/t26?,30-/m0/s1. The fourth-order valence-electron chi connectivity index (χ4n) is 5.50. The van der Waals surface area contributed by atoms with Gasteiger partial charge in [0, 0.05) is 30.4 Å². The highest BCUT2D eigenvalue weighted by atomic mass is 16.2. The zero-order valence-corrected chi connectivity index (χ0v) is 22.7. The molecule has 1 aliphatic rings. The summed E-state index contributed by atoms with van der Waals surface area (Å²) in [5.41, 5.74) is 3.69. The maximum Gasteiger partial charge on any atom is 0.254 e. The number of hydrogen-bond acceptors (Lipinski definition) is 3.